The van der Waals surface area contributed by atoms with Gasteiger partial charge in [0.2, 0.25) is 0 Å². The van der Waals surface area contributed by atoms with Crippen LogP contribution in [0.1, 0.15) is 5.56 Å². The number of pyridine rings is 1. The van der Waals surface area contributed by atoms with Gasteiger partial charge in [-0.1, -0.05) is 29.8 Å². The van der Waals surface area contributed by atoms with Gasteiger partial charge in [0.25, 0.3) is 5.69 Å². The van der Waals surface area contributed by atoms with Crippen molar-refractivity contribution in [2.75, 3.05) is 17.7 Å². The van der Waals surface area contributed by atoms with E-state index < -0.39 is 4.92 Å². The summed E-state index contributed by atoms with van der Waals surface area (Å²) in [5.74, 6) is 0.851. The van der Waals surface area contributed by atoms with Crippen LogP contribution >= 0.6 is 11.6 Å². The molecule has 20 heavy (non-hydrogen) atoms. The van der Waals surface area contributed by atoms with E-state index in [9.17, 15) is 10.1 Å². The van der Waals surface area contributed by atoms with Gasteiger partial charge in [-0.05, 0) is 11.6 Å². The molecular formula is C13H13ClN4O2. The summed E-state index contributed by atoms with van der Waals surface area (Å²) >= 11 is 6.05. The molecule has 0 saturated carbocycles. The number of rotatable bonds is 5. The van der Waals surface area contributed by atoms with E-state index in [2.05, 4.69) is 15.6 Å². The lowest BCUT2D eigenvalue weighted by atomic mass is 10.2. The average Bonchev–Trinajstić information content (AvgIpc) is 2.46. The molecule has 1 aromatic carbocycles. The van der Waals surface area contributed by atoms with E-state index in [4.69, 9.17) is 11.6 Å². The van der Waals surface area contributed by atoms with Crippen LogP contribution in [0.25, 0.3) is 0 Å². The van der Waals surface area contributed by atoms with Gasteiger partial charge in [0, 0.05) is 18.6 Å². The summed E-state index contributed by atoms with van der Waals surface area (Å²) in [5.41, 5.74) is 0.875. The van der Waals surface area contributed by atoms with Crippen molar-refractivity contribution in [2.45, 2.75) is 6.54 Å². The molecule has 0 spiro atoms. The fourth-order valence-corrected chi connectivity index (χ4v) is 1.87. The number of nitro groups is 1. The SMILES string of the molecule is CNc1cc([N+](=O)[O-])cc(NCc2ccccc2Cl)n1. The Hall–Kier alpha value is -2.34. The molecule has 104 valence electrons. The van der Waals surface area contributed by atoms with Gasteiger partial charge in [-0.2, -0.15) is 0 Å². The molecule has 0 radical (unpaired) electrons. The summed E-state index contributed by atoms with van der Waals surface area (Å²) in [6.45, 7) is 0.441. The molecule has 6 nitrogen and oxygen atoms in total. The topological polar surface area (TPSA) is 80.1 Å². The molecule has 0 aliphatic rings. The molecule has 0 saturated heterocycles. The molecule has 1 aromatic heterocycles. The molecule has 2 N–H and O–H groups in total. The van der Waals surface area contributed by atoms with Crippen LogP contribution in [0.15, 0.2) is 36.4 Å². The molecule has 0 aliphatic carbocycles. The van der Waals surface area contributed by atoms with E-state index in [1.807, 2.05) is 18.2 Å². The van der Waals surface area contributed by atoms with Crippen molar-refractivity contribution in [1.29, 1.82) is 0 Å². The molecule has 2 rings (SSSR count). The van der Waals surface area contributed by atoms with Gasteiger partial charge in [-0.25, -0.2) is 4.98 Å². The Balaban J connectivity index is 2.19. The van der Waals surface area contributed by atoms with Gasteiger partial charge < -0.3 is 10.6 Å². The number of benzene rings is 1. The van der Waals surface area contributed by atoms with Crippen LogP contribution in [-0.4, -0.2) is 17.0 Å². The van der Waals surface area contributed by atoms with Crippen molar-refractivity contribution in [3.63, 3.8) is 0 Å². The third-order valence-corrected chi connectivity index (χ3v) is 3.06. The maximum Gasteiger partial charge on any atom is 0.276 e. The Morgan fingerprint density at radius 2 is 2.00 bits per heavy atom. The number of anilines is 2. The molecule has 0 amide bonds. The monoisotopic (exact) mass is 292 g/mol. The van der Waals surface area contributed by atoms with Gasteiger partial charge >= 0.3 is 0 Å². The van der Waals surface area contributed by atoms with Crippen LogP contribution in [0.4, 0.5) is 17.3 Å². The molecule has 0 fully saturated rings. The standard InChI is InChI=1S/C13H13ClN4O2/c1-15-12-6-10(18(19)20)7-13(17-12)16-8-9-4-2-3-5-11(9)14/h2-7H,8H2,1H3,(H2,15,16,17). The summed E-state index contributed by atoms with van der Waals surface area (Å²) in [6.07, 6.45) is 0. The minimum Gasteiger partial charge on any atom is -0.373 e. The fourth-order valence-electron chi connectivity index (χ4n) is 1.67. The lowest BCUT2D eigenvalue weighted by Gasteiger charge is -2.08. The Bertz CT molecular complexity index is 634. The number of hydrogen-bond donors (Lipinski definition) is 2. The second-order valence-corrected chi connectivity index (χ2v) is 4.46. The van der Waals surface area contributed by atoms with Crippen molar-refractivity contribution in [3.8, 4) is 0 Å². The summed E-state index contributed by atoms with van der Waals surface area (Å²) in [7, 11) is 1.66. The molecule has 0 bridgehead atoms. The zero-order chi connectivity index (χ0) is 14.5. The van der Waals surface area contributed by atoms with Gasteiger partial charge in [0.1, 0.15) is 11.6 Å². The summed E-state index contributed by atoms with van der Waals surface area (Å²) in [6, 6.07) is 10.2. The van der Waals surface area contributed by atoms with Crippen LogP contribution in [0.3, 0.4) is 0 Å². The van der Waals surface area contributed by atoms with Gasteiger partial charge in [0.15, 0.2) is 0 Å². The average molecular weight is 293 g/mol. The Morgan fingerprint density at radius 3 is 2.65 bits per heavy atom. The third-order valence-electron chi connectivity index (χ3n) is 2.69. The highest BCUT2D eigenvalue weighted by Crippen LogP contribution is 2.22. The van der Waals surface area contributed by atoms with E-state index in [0.29, 0.717) is 23.2 Å². The predicted molar refractivity (Wildman–Crippen MR) is 79.2 cm³/mol. The number of nitrogens with one attached hydrogen (secondary N) is 2. The minimum absolute atomic E-state index is 0.0222. The molecule has 1 heterocycles. The van der Waals surface area contributed by atoms with Crippen LogP contribution in [0.2, 0.25) is 5.02 Å². The Morgan fingerprint density at radius 1 is 1.30 bits per heavy atom. The lowest BCUT2D eigenvalue weighted by molar-refractivity contribution is -0.384. The highest BCUT2D eigenvalue weighted by Gasteiger charge is 2.10. The van der Waals surface area contributed by atoms with Gasteiger partial charge in [-0.3, -0.25) is 10.1 Å². The number of halogens is 1. The lowest BCUT2D eigenvalue weighted by Crippen LogP contribution is -2.04. The molecule has 7 heteroatoms. The predicted octanol–water partition coefficient (Wildman–Crippen LogP) is 3.30. The van der Waals surface area contributed by atoms with Crippen LogP contribution in [0.5, 0.6) is 0 Å². The van der Waals surface area contributed by atoms with Crippen molar-refractivity contribution < 1.29 is 4.92 Å². The first-order valence-electron chi connectivity index (χ1n) is 5.91. The van der Waals surface area contributed by atoms with Crippen LogP contribution in [-0.2, 0) is 6.54 Å². The number of aromatic nitrogens is 1. The Labute approximate surface area is 120 Å². The summed E-state index contributed by atoms with van der Waals surface area (Å²) < 4.78 is 0. The second kappa shape index (κ2) is 6.21. The molecule has 2 aromatic rings. The van der Waals surface area contributed by atoms with Crippen molar-refractivity contribution >= 4 is 28.9 Å². The molecular weight excluding hydrogens is 280 g/mol. The first-order chi connectivity index (χ1) is 9.60. The minimum atomic E-state index is -0.455. The Kier molecular flexibility index (Phi) is 4.37. The maximum absolute atomic E-state index is 10.9. The van der Waals surface area contributed by atoms with Crippen molar-refractivity contribution in [3.05, 3.63) is 57.1 Å². The van der Waals surface area contributed by atoms with Crippen LogP contribution in [0, 0.1) is 10.1 Å². The van der Waals surface area contributed by atoms with Gasteiger partial charge in [0.05, 0.1) is 17.1 Å². The smallest absolute Gasteiger partial charge is 0.276 e. The zero-order valence-corrected chi connectivity index (χ0v) is 11.5. The van der Waals surface area contributed by atoms with Gasteiger partial charge in [-0.15, -0.1) is 0 Å². The number of hydrogen-bond acceptors (Lipinski definition) is 5. The summed E-state index contributed by atoms with van der Waals surface area (Å²) in [4.78, 5) is 14.6. The van der Waals surface area contributed by atoms with Crippen molar-refractivity contribution in [2.24, 2.45) is 0 Å². The van der Waals surface area contributed by atoms with E-state index in [0.717, 1.165) is 5.56 Å². The van der Waals surface area contributed by atoms with E-state index >= 15 is 0 Å². The van der Waals surface area contributed by atoms with E-state index in [1.54, 1.807) is 13.1 Å². The quantitative estimate of drug-likeness (QED) is 0.653. The molecule has 0 aliphatic heterocycles. The number of nitrogens with zero attached hydrogens (tertiary/aromatic N) is 2. The normalized spacial score (nSPS) is 10.1. The largest absolute Gasteiger partial charge is 0.373 e. The summed E-state index contributed by atoms with van der Waals surface area (Å²) in [5, 5.41) is 17.3. The zero-order valence-electron chi connectivity index (χ0n) is 10.8. The fraction of sp³-hybridized carbons (Fsp3) is 0.154. The third kappa shape index (κ3) is 3.36. The maximum atomic E-state index is 10.9. The highest BCUT2D eigenvalue weighted by atomic mass is 35.5. The van der Waals surface area contributed by atoms with E-state index in [1.165, 1.54) is 12.1 Å². The van der Waals surface area contributed by atoms with Crippen molar-refractivity contribution in [1.82, 2.24) is 4.98 Å². The second-order valence-electron chi connectivity index (χ2n) is 4.05. The van der Waals surface area contributed by atoms with Crippen LogP contribution < -0.4 is 10.6 Å². The molecule has 0 atom stereocenters. The highest BCUT2D eigenvalue weighted by molar-refractivity contribution is 6.31. The van der Waals surface area contributed by atoms with E-state index in [-0.39, 0.29) is 5.69 Å². The first-order valence-corrected chi connectivity index (χ1v) is 6.29. The molecule has 0 unspecified atom stereocenters. The first kappa shape index (κ1) is 14.1.